The van der Waals surface area contributed by atoms with Gasteiger partial charge in [-0.3, -0.25) is 0 Å². The summed E-state index contributed by atoms with van der Waals surface area (Å²) in [6.07, 6.45) is 0. The van der Waals surface area contributed by atoms with Gasteiger partial charge in [-0.25, -0.2) is 0 Å². The average molecular weight is 539 g/mol. The van der Waals surface area contributed by atoms with E-state index in [1.54, 1.807) is 0 Å². The van der Waals surface area contributed by atoms with E-state index in [1.807, 2.05) is 48.1 Å². The van der Waals surface area contributed by atoms with Crippen LogP contribution in [0.5, 0.6) is 0 Å². The quantitative estimate of drug-likeness (QED) is 0.369. The Kier molecular flexibility index (Phi) is 6.66. The summed E-state index contributed by atoms with van der Waals surface area (Å²) in [7, 11) is 1.93. The number of aryl methyl sites for hydroxylation is 3. The van der Waals surface area contributed by atoms with Gasteiger partial charge in [0.1, 0.15) is 0 Å². The number of hydrogen-bond donors (Lipinski definition) is 1. The van der Waals surface area contributed by atoms with Crippen molar-refractivity contribution in [2.45, 2.75) is 13.8 Å². The molecule has 7 heteroatoms. The Bertz CT molecular complexity index is 1320. The van der Waals surface area contributed by atoms with Gasteiger partial charge in [-0.15, -0.1) is 0 Å². The van der Waals surface area contributed by atoms with Crippen molar-refractivity contribution >= 4 is 53.3 Å². The van der Waals surface area contributed by atoms with Crippen LogP contribution in [0.1, 0.15) is 11.1 Å². The summed E-state index contributed by atoms with van der Waals surface area (Å²) in [4.78, 5) is 9.76. The Morgan fingerprint density at radius 1 is 0.806 bits per heavy atom. The molecule has 0 saturated heterocycles. The molecule has 0 atom stereocenters. The molecule has 4 aromatic rings. The van der Waals surface area contributed by atoms with Crippen LogP contribution in [0.25, 0.3) is 0 Å². The van der Waals surface area contributed by atoms with E-state index in [4.69, 9.17) is 15.1 Å². The van der Waals surface area contributed by atoms with Crippen LogP contribution >= 0.6 is 15.9 Å². The average Bonchev–Trinajstić information content (AvgIpc) is 2.76. The normalized spacial score (nSPS) is 12.3. The Morgan fingerprint density at radius 3 is 2.00 bits per heavy atom. The minimum absolute atomic E-state index is 0.124. The van der Waals surface area contributed by atoms with Crippen LogP contribution in [0.4, 0.5) is 22.9 Å². The first kappa shape index (κ1) is 21.5. The van der Waals surface area contributed by atoms with Gasteiger partial charge in [-0.2, -0.15) is 0 Å². The number of halogens is 1. The second-order valence-electron chi connectivity index (χ2n) is 7.19. The van der Waals surface area contributed by atoms with Crippen molar-refractivity contribution in [1.82, 2.24) is 9.78 Å². The Balaban J connectivity index is 1.85. The molecule has 1 aromatic heterocycles. The van der Waals surface area contributed by atoms with Crippen molar-refractivity contribution in [3.8, 4) is 0 Å². The Labute approximate surface area is 195 Å². The van der Waals surface area contributed by atoms with Crippen LogP contribution in [0.2, 0.25) is 0 Å². The van der Waals surface area contributed by atoms with Gasteiger partial charge in [0, 0.05) is 0 Å². The number of rotatable bonds is 4. The first-order valence-corrected chi connectivity index (χ1v) is 12.3. The summed E-state index contributed by atoms with van der Waals surface area (Å²) in [6.45, 7) is 4.15. The first-order chi connectivity index (χ1) is 15.0. The van der Waals surface area contributed by atoms with Crippen LogP contribution in [0.3, 0.4) is 0 Å². The fourth-order valence-corrected chi connectivity index (χ4v) is 4.84. The zero-order valence-corrected chi connectivity index (χ0v) is 20.8. The number of aromatic nitrogens is 2. The van der Waals surface area contributed by atoms with E-state index in [0.717, 1.165) is 35.9 Å². The van der Waals surface area contributed by atoms with Crippen molar-refractivity contribution in [3.05, 3.63) is 97.0 Å². The maximum absolute atomic E-state index is 4.93. The van der Waals surface area contributed by atoms with Crippen molar-refractivity contribution < 1.29 is 0 Å². The van der Waals surface area contributed by atoms with E-state index in [9.17, 15) is 0 Å². The van der Waals surface area contributed by atoms with E-state index in [-0.39, 0.29) is 14.5 Å². The molecule has 156 valence electrons. The summed E-state index contributed by atoms with van der Waals surface area (Å²) < 4.78 is 4.68. The van der Waals surface area contributed by atoms with Gasteiger partial charge in [0.2, 0.25) is 0 Å². The van der Waals surface area contributed by atoms with E-state index in [2.05, 4.69) is 71.5 Å². The maximum atomic E-state index is 4.93. The third-order valence-corrected chi connectivity index (χ3v) is 7.21. The zero-order valence-electron chi connectivity index (χ0n) is 17.5. The molecule has 1 heterocycles. The van der Waals surface area contributed by atoms with Gasteiger partial charge in [0.15, 0.2) is 0 Å². The van der Waals surface area contributed by atoms with Crippen LogP contribution in [-0.4, -0.2) is 24.3 Å². The summed E-state index contributed by atoms with van der Waals surface area (Å²) in [5, 5.41) is 8.22. The van der Waals surface area contributed by atoms with Gasteiger partial charge < -0.3 is 0 Å². The van der Waals surface area contributed by atoms with Crippen molar-refractivity contribution in [2.75, 3.05) is 5.32 Å². The van der Waals surface area contributed by atoms with Crippen LogP contribution < -0.4 is 13.9 Å². The molecule has 31 heavy (non-hydrogen) atoms. The van der Waals surface area contributed by atoms with E-state index in [0.29, 0.717) is 0 Å². The minimum atomic E-state index is -0.124. The number of anilines is 2. The molecule has 0 radical (unpaired) electrons. The number of nitrogens with zero attached hydrogens (tertiary/aromatic N) is 4. The van der Waals surface area contributed by atoms with Gasteiger partial charge in [0.05, 0.1) is 0 Å². The molecular weight excluding hydrogens is 517 g/mol. The second kappa shape index (κ2) is 9.60. The summed E-state index contributed by atoms with van der Waals surface area (Å²) in [6, 6.07) is 24.4. The molecular formula is C24H22BrN5Se. The Morgan fingerprint density at radius 2 is 1.35 bits per heavy atom. The van der Waals surface area contributed by atoms with Gasteiger partial charge in [-0.1, -0.05) is 0 Å². The zero-order chi connectivity index (χ0) is 21.8. The monoisotopic (exact) mass is 539 g/mol. The van der Waals surface area contributed by atoms with Gasteiger partial charge in [0.25, 0.3) is 0 Å². The molecule has 1 N–H and O–H groups in total. The molecule has 0 saturated carbocycles. The summed E-state index contributed by atoms with van der Waals surface area (Å²) >= 11 is 3.35. The molecule has 0 spiro atoms. The van der Waals surface area contributed by atoms with Crippen LogP contribution in [0.15, 0.2) is 87.3 Å². The SMILES string of the molecule is Cc1ccc(N=c2[se]c(=Nc3ccc(Br)cc3)n(C)nc2Nc2ccc(C)cc2)cc1. The molecule has 0 amide bonds. The standard InChI is InChI=1S/C24H22BrN5Se/c1-16-4-10-19(11-5-16)26-22-23(27-20-12-6-17(2)7-13-20)31-24(30(3)29-22)28-21-14-8-18(25)9-15-21/h4-15H,1-3H3,(H,26,29). The second-order valence-corrected chi connectivity index (χ2v) is 10.1. The van der Waals surface area contributed by atoms with Crippen LogP contribution in [-0.2, 0) is 7.05 Å². The fraction of sp³-hybridized carbons (Fsp3) is 0.125. The predicted molar refractivity (Wildman–Crippen MR) is 130 cm³/mol. The molecule has 5 nitrogen and oxygen atoms in total. The van der Waals surface area contributed by atoms with E-state index < -0.39 is 0 Å². The third-order valence-electron chi connectivity index (χ3n) is 4.55. The van der Waals surface area contributed by atoms with Crippen molar-refractivity contribution in [1.29, 1.82) is 0 Å². The molecule has 0 bridgehead atoms. The molecule has 0 aliphatic rings. The molecule has 0 aliphatic heterocycles. The number of benzene rings is 3. The molecule has 0 unspecified atom stereocenters. The fourth-order valence-electron chi connectivity index (χ4n) is 2.82. The third kappa shape index (κ3) is 5.70. The summed E-state index contributed by atoms with van der Waals surface area (Å²) in [5.41, 5.74) is 5.22. The number of nitrogens with one attached hydrogen (secondary N) is 1. The topological polar surface area (TPSA) is 54.6 Å². The van der Waals surface area contributed by atoms with E-state index in [1.165, 1.54) is 11.1 Å². The Hall–Kier alpha value is -2.73. The molecule has 0 fully saturated rings. The number of hydrogen-bond acceptors (Lipinski definition) is 4. The predicted octanol–water partition coefficient (Wildman–Crippen LogP) is 5.06. The van der Waals surface area contributed by atoms with Crippen molar-refractivity contribution in [3.63, 3.8) is 0 Å². The van der Waals surface area contributed by atoms with Crippen LogP contribution in [0, 0.1) is 13.8 Å². The summed E-state index contributed by atoms with van der Waals surface area (Å²) in [5.74, 6) is 0.752. The van der Waals surface area contributed by atoms with E-state index >= 15 is 0 Å². The molecule has 0 aliphatic carbocycles. The first-order valence-electron chi connectivity index (χ1n) is 9.80. The van der Waals surface area contributed by atoms with Crippen molar-refractivity contribution in [2.24, 2.45) is 17.0 Å². The molecule has 4 rings (SSSR count). The molecule has 3 aromatic carbocycles. The van der Waals surface area contributed by atoms with Gasteiger partial charge in [-0.05, 0) is 0 Å². The van der Waals surface area contributed by atoms with Gasteiger partial charge >= 0.3 is 196 Å².